The molecule has 1 N–H and O–H groups in total. The number of nitrogens with one attached hydrogen (secondary N) is 1. The molecule has 0 fully saturated rings. The third-order valence-electron chi connectivity index (χ3n) is 2.02. The lowest BCUT2D eigenvalue weighted by Crippen LogP contribution is -2.09. The zero-order chi connectivity index (χ0) is 12.3. The van der Waals surface area contributed by atoms with Crippen molar-refractivity contribution in [3.8, 4) is 5.88 Å². The lowest BCUT2D eigenvalue weighted by Gasteiger charge is -2.06. The van der Waals surface area contributed by atoms with Gasteiger partial charge in [-0.15, -0.1) is 0 Å². The first kappa shape index (κ1) is 13.7. The maximum absolute atomic E-state index is 5.38. The first-order chi connectivity index (χ1) is 8.36. The van der Waals surface area contributed by atoms with E-state index in [1.54, 1.807) is 12.3 Å². The number of anilines is 1. The van der Waals surface area contributed by atoms with Crippen LogP contribution in [0.3, 0.4) is 0 Å². The predicted molar refractivity (Wildman–Crippen MR) is 67.4 cm³/mol. The van der Waals surface area contributed by atoms with Gasteiger partial charge in [0.05, 0.1) is 6.61 Å². The van der Waals surface area contributed by atoms with E-state index in [2.05, 4.69) is 22.2 Å². The third kappa shape index (κ3) is 6.06. The molecule has 0 spiro atoms. The highest BCUT2D eigenvalue weighted by Crippen LogP contribution is 2.07. The van der Waals surface area contributed by atoms with E-state index in [0.717, 1.165) is 32.6 Å². The Hall–Kier alpha value is -1.36. The van der Waals surface area contributed by atoms with E-state index in [1.807, 2.05) is 6.92 Å². The number of ether oxygens (including phenoxy) is 2. The quantitative estimate of drug-likeness (QED) is 0.669. The summed E-state index contributed by atoms with van der Waals surface area (Å²) in [6, 6.07) is 1.75. The van der Waals surface area contributed by atoms with Crippen molar-refractivity contribution in [1.82, 2.24) is 9.97 Å². The molecule has 1 aromatic rings. The summed E-state index contributed by atoms with van der Waals surface area (Å²) < 4.78 is 10.7. The average Bonchev–Trinajstić information content (AvgIpc) is 2.35. The van der Waals surface area contributed by atoms with Gasteiger partial charge in [0, 0.05) is 32.0 Å². The number of nitrogens with zero attached hydrogens (tertiary/aromatic N) is 2. The molecule has 1 heterocycles. The molecule has 0 aliphatic carbocycles. The molecule has 0 aliphatic rings. The molecule has 0 amide bonds. The van der Waals surface area contributed by atoms with Gasteiger partial charge in [0.2, 0.25) is 11.8 Å². The van der Waals surface area contributed by atoms with Gasteiger partial charge in [-0.1, -0.05) is 6.92 Å². The Labute approximate surface area is 103 Å². The molecule has 0 saturated heterocycles. The number of aromatic nitrogens is 2. The molecule has 0 bridgehead atoms. The van der Waals surface area contributed by atoms with Crippen LogP contribution in [0, 0.1) is 0 Å². The van der Waals surface area contributed by atoms with E-state index >= 15 is 0 Å². The fourth-order valence-corrected chi connectivity index (χ4v) is 1.28. The second kappa shape index (κ2) is 8.75. The van der Waals surface area contributed by atoms with Crippen molar-refractivity contribution in [2.24, 2.45) is 0 Å². The summed E-state index contributed by atoms with van der Waals surface area (Å²) in [5, 5.41) is 3.14. The van der Waals surface area contributed by atoms with Crippen LogP contribution in [0.1, 0.15) is 26.7 Å². The fourth-order valence-electron chi connectivity index (χ4n) is 1.28. The van der Waals surface area contributed by atoms with Crippen molar-refractivity contribution in [2.75, 3.05) is 31.7 Å². The van der Waals surface area contributed by atoms with Gasteiger partial charge in [-0.3, -0.25) is 0 Å². The van der Waals surface area contributed by atoms with Crippen LogP contribution < -0.4 is 10.1 Å². The first-order valence-electron chi connectivity index (χ1n) is 6.14. The summed E-state index contributed by atoms with van der Waals surface area (Å²) in [6.07, 6.45) is 3.70. The number of hydrogen-bond acceptors (Lipinski definition) is 5. The summed E-state index contributed by atoms with van der Waals surface area (Å²) >= 11 is 0. The second-order valence-electron chi connectivity index (χ2n) is 3.54. The Balaban J connectivity index is 2.19. The topological polar surface area (TPSA) is 56.3 Å². The van der Waals surface area contributed by atoms with Gasteiger partial charge in [-0.25, -0.2) is 4.98 Å². The zero-order valence-corrected chi connectivity index (χ0v) is 10.6. The highest BCUT2D eigenvalue weighted by molar-refractivity contribution is 5.27. The molecule has 17 heavy (non-hydrogen) atoms. The van der Waals surface area contributed by atoms with Gasteiger partial charge in [-0.2, -0.15) is 4.98 Å². The average molecular weight is 239 g/mol. The van der Waals surface area contributed by atoms with Gasteiger partial charge in [-0.05, 0) is 19.8 Å². The lowest BCUT2D eigenvalue weighted by molar-refractivity contribution is 0.134. The van der Waals surface area contributed by atoms with Crippen LogP contribution in [0.25, 0.3) is 0 Å². The molecular formula is C12H21N3O2. The van der Waals surface area contributed by atoms with E-state index in [9.17, 15) is 0 Å². The van der Waals surface area contributed by atoms with Crippen LogP contribution in [-0.4, -0.2) is 36.3 Å². The highest BCUT2D eigenvalue weighted by atomic mass is 16.5. The lowest BCUT2D eigenvalue weighted by atomic mass is 10.4. The van der Waals surface area contributed by atoms with E-state index in [-0.39, 0.29) is 0 Å². The van der Waals surface area contributed by atoms with Gasteiger partial charge in [0.15, 0.2) is 0 Å². The van der Waals surface area contributed by atoms with Crippen LogP contribution in [0.5, 0.6) is 5.88 Å². The van der Waals surface area contributed by atoms with Gasteiger partial charge in [0.1, 0.15) is 0 Å². The summed E-state index contributed by atoms with van der Waals surface area (Å²) in [7, 11) is 0. The zero-order valence-electron chi connectivity index (χ0n) is 10.6. The Bertz CT molecular complexity index is 308. The number of rotatable bonds is 9. The third-order valence-corrected chi connectivity index (χ3v) is 2.02. The maximum Gasteiger partial charge on any atom is 0.225 e. The van der Waals surface area contributed by atoms with Crippen molar-refractivity contribution >= 4 is 5.95 Å². The molecule has 5 heteroatoms. The van der Waals surface area contributed by atoms with Crippen LogP contribution in [0.4, 0.5) is 5.95 Å². The van der Waals surface area contributed by atoms with Gasteiger partial charge < -0.3 is 14.8 Å². The fraction of sp³-hybridized carbons (Fsp3) is 0.667. The van der Waals surface area contributed by atoms with Crippen molar-refractivity contribution in [3.05, 3.63) is 12.3 Å². The van der Waals surface area contributed by atoms with Crippen molar-refractivity contribution in [2.45, 2.75) is 26.7 Å². The first-order valence-corrected chi connectivity index (χ1v) is 6.14. The van der Waals surface area contributed by atoms with E-state index in [0.29, 0.717) is 18.4 Å². The van der Waals surface area contributed by atoms with Crippen molar-refractivity contribution in [3.63, 3.8) is 0 Å². The minimum absolute atomic E-state index is 0.603. The van der Waals surface area contributed by atoms with E-state index in [4.69, 9.17) is 9.47 Å². The molecule has 0 unspecified atom stereocenters. The largest absolute Gasteiger partial charge is 0.478 e. The van der Waals surface area contributed by atoms with Crippen LogP contribution in [0.15, 0.2) is 12.3 Å². The maximum atomic E-state index is 5.38. The van der Waals surface area contributed by atoms with Crippen LogP contribution in [-0.2, 0) is 4.74 Å². The van der Waals surface area contributed by atoms with E-state index in [1.165, 1.54) is 0 Å². The molecule has 0 saturated carbocycles. The molecular weight excluding hydrogens is 218 g/mol. The van der Waals surface area contributed by atoms with Gasteiger partial charge in [0.25, 0.3) is 0 Å². The van der Waals surface area contributed by atoms with E-state index < -0.39 is 0 Å². The summed E-state index contributed by atoms with van der Waals surface area (Å²) in [4.78, 5) is 8.32. The Kier molecular flexibility index (Phi) is 7.06. The Morgan fingerprint density at radius 3 is 2.94 bits per heavy atom. The Morgan fingerprint density at radius 1 is 1.29 bits per heavy atom. The number of hydrogen-bond donors (Lipinski definition) is 1. The summed E-state index contributed by atoms with van der Waals surface area (Å²) in [6.45, 7) is 7.05. The molecule has 0 radical (unpaired) electrons. The standard InChI is InChI=1S/C12H21N3O2/c1-3-9-16-10-5-7-13-12-14-8-6-11(15-12)17-4-2/h6,8H,3-5,7,9-10H2,1-2H3,(H,13,14,15). The summed E-state index contributed by atoms with van der Waals surface area (Å²) in [5.74, 6) is 1.21. The smallest absolute Gasteiger partial charge is 0.225 e. The molecule has 0 aromatic carbocycles. The molecule has 1 rings (SSSR count). The van der Waals surface area contributed by atoms with Crippen LogP contribution >= 0.6 is 0 Å². The van der Waals surface area contributed by atoms with Crippen LogP contribution in [0.2, 0.25) is 0 Å². The molecule has 5 nitrogen and oxygen atoms in total. The monoisotopic (exact) mass is 239 g/mol. The molecule has 0 atom stereocenters. The second-order valence-corrected chi connectivity index (χ2v) is 3.54. The van der Waals surface area contributed by atoms with Gasteiger partial charge >= 0.3 is 0 Å². The van der Waals surface area contributed by atoms with Crippen molar-refractivity contribution < 1.29 is 9.47 Å². The minimum Gasteiger partial charge on any atom is -0.478 e. The summed E-state index contributed by atoms with van der Waals surface area (Å²) in [5.41, 5.74) is 0. The normalized spacial score (nSPS) is 10.2. The van der Waals surface area contributed by atoms with Crippen molar-refractivity contribution in [1.29, 1.82) is 0 Å². The molecule has 1 aromatic heterocycles. The Morgan fingerprint density at radius 2 is 2.18 bits per heavy atom. The minimum atomic E-state index is 0.603. The SMILES string of the molecule is CCCOCCCNc1nccc(OCC)n1. The predicted octanol–water partition coefficient (Wildman–Crippen LogP) is 2.10. The molecule has 0 aliphatic heterocycles. The highest BCUT2D eigenvalue weighted by Gasteiger charge is 1.98. The molecule has 96 valence electrons.